The van der Waals surface area contributed by atoms with Crippen molar-refractivity contribution in [2.45, 2.75) is 25.7 Å². The lowest BCUT2D eigenvalue weighted by atomic mass is 10.0. The van der Waals surface area contributed by atoms with E-state index in [4.69, 9.17) is 0 Å². The number of piperazine rings is 1. The van der Waals surface area contributed by atoms with Crippen LogP contribution >= 0.6 is 11.3 Å². The van der Waals surface area contributed by atoms with Crippen molar-refractivity contribution < 1.29 is 17.9 Å². The van der Waals surface area contributed by atoms with Crippen molar-refractivity contribution in [3.8, 4) is 5.75 Å². The maximum Gasteiger partial charge on any atom is 0.573 e. The molecule has 1 aromatic carbocycles. The zero-order chi connectivity index (χ0) is 17.9. The fourth-order valence-corrected chi connectivity index (χ4v) is 4.19. The molecule has 0 unspecified atom stereocenters. The predicted molar refractivity (Wildman–Crippen MR) is 93.1 cm³/mol. The molecule has 2 heterocycles. The molecule has 1 aromatic heterocycles. The topological polar surface area (TPSA) is 24.5 Å². The van der Waals surface area contributed by atoms with Crippen LogP contribution in [0.2, 0.25) is 0 Å². The highest BCUT2D eigenvalue weighted by Crippen LogP contribution is 2.35. The van der Waals surface area contributed by atoms with Crippen LogP contribution in [-0.2, 0) is 6.42 Å². The number of hydrogen-bond acceptors (Lipinski definition) is 4. The summed E-state index contributed by atoms with van der Waals surface area (Å²) in [6.07, 6.45) is -3.68. The second kappa shape index (κ2) is 7.76. The van der Waals surface area contributed by atoms with Crippen LogP contribution in [0.3, 0.4) is 0 Å². The Morgan fingerprint density at radius 2 is 1.80 bits per heavy atom. The maximum absolute atomic E-state index is 12.4. The predicted octanol–water partition coefficient (Wildman–Crippen LogP) is 4.20. The van der Waals surface area contributed by atoms with Crippen molar-refractivity contribution in [1.82, 2.24) is 10.2 Å². The minimum absolute atomic E-state index is 0.0623. The van der Waals surface area contributed by atoms with E-state index in [0.29, 0.717) is 0 Å². The van der Waals surface area contributed by atoms with Gasteiger partial charge in [-0.15, -0.1) is 24.5 Å². The molecule has 7 heteroatoms. The number of rotatable bonds is 5. The number of nitrogens with one attached hydrogen (secondary N) is 1. The number of benzene rings is 1. The van der Waals surface area contributed by atoms with Crippen LogP contribution in [0.15, 0.2) is 36.4 Å². The summed E-state index contributed by atoms with van der Waals surface area (Å²) in [6.45, 7) is 5.77. The molecule has 0 bridgehead atoms. The number of halogens is 3. The molecular formula is C18H21F3N2OS. The summed E-state index contributed by atoms with van der Waals surface area (Å²) >= 11 is 1.77. The standard InChI is InChI=1S/C18H21F3N2OS/c1-2-15-7-8-16(25-15)17(23-11-9-22-10-12-23)13-3-5-14(6-4-13)24-18(19,20)21/h3-8,17,22H,2,9-12H2,1H3/t17-/m1/s1. The van der Waals surface area contributed by atoms with Crippen LogP contribution in [0.1, 0.15) is 28.3 Å². The van der Waals surface area contributed by atoms with Crippen LogP contribution in [-0.4, -0.2) is 37.4 Å². The van der Waals surface area contributed by atoms with Gasteiger partial charge in [0.2, 0.25) is 0 Å². The smallest absolute Gasteiger partial charge is 0.406 e. The Morgan fingerprint density at radius 3 is 2.36 bits per heavy atom. The van der Waals surface area contributed by atoms with Gasteiger partial charge in [-0.2, -0.15) is 0 Å². The molecule has 1 fully saturated rings. The van der Waals surface area contributed by atoms with Crippen LogP contribution in [0.25, 0.3) is 0 Å². The molecule has 1 aliphatic rings. The van der Waals surface area contributed by atoms with Gasteiger partial charge in [-0.05, 0) is 36.2 Å². The van der Waals surface area contributed by atoms with E-state index < -0.39 is 6.36 Å². The number of hydrogen-bond donors (Lipinski definition) is 1. The molecule has 1 atom stereocenters. The van der Waals surface area contributed by atoms with E-state index in [-0.39, 0.29) is 11.8 Å². The van der Waals surface area contributed by atoms with E-state index in [1.807, 2.05) is 0 Å². The van der Waals surface area contributed by atoms with Crippen molar-refractivity contribution in [2.24, 2.45) is 0 Å². The van der Waals surface area contributed by atoms with Gasteiger partial charge in [0.15, 0.2) is 0 Å². The first kappa shape index (κ1) is 18.2. The van der Waals surface area contributed by atoms with Crippen molar-refractivity contribution in [3.63, 3.8) is 0 Å². The summed E-state index contributed by atoms with van der Waals surface area (Å²) in [7, 11) is 0. The Balaban J connectivity index is 1.88. The number of nitrogens with zero attached hydrogens (tertiary/aromatic N) is 1. The minimum Gasteiger partial charge on any atom is -0.406 e. The molecule has 1 aliphatic heterocycles. The number of aryl methyl sites for hydroxylation is 1. The van der Waals surface area contributed by atoms with Crippen molar-refractivity contribution in [3.05, 3.63) is 51.7 Å². The van der Waals surface area contributed by atoms with Gasteiger partial charge < -0.3 is 10.1 Å². The highest BCUT2D eigenvalue weighted by molar-refractivity contribution is 7.12. The van der Waals surface area contributed by atoms with E-state index in [1.165, 1.54) is 21.9 Å². The van der Waals surface area contributed by atoms with E-state index in [1.54, 1.807) is 23.5 Å². The largest absolute Gasteiger partial charge is 0.573 e. The van der Waals surface area contributed by atoms with Crippen LogP contribution in [0, 0.1) is 0 Å². The monoisotopic (exact) mass is 370 g/mol. The molecule has 1 saturated heterocycles. The molecule has 0 amide bonds. The van der Waals surface area contributed by atoms with E-state index >= 15 is 0 Å². The molecule has 1 N–H and O–H groups in total. The summed E-state index contributed by atoms with van der Waals surface area (Å²) in [6, 6.07) is 10.6. The van der Waals surface area contributed by atoms with Crippen molar-refractivity contribution in [2.75, 3.05) is 26.2 Å². The second-order valence-corrected chi connectivity index (χ2v) is 7.16. The maximum atomic E-state index is 12.4. The molecule has 0 aliphatic carbocycles. The minimum atomic E-state index is -4.66. The first-order chi connectivity index (χ1) is 12.0. The van der Waals surface area contributed by atoms with Gasteiger partial charge in [0.05, 0.1) is 6.04 Å². The second-order valence-electron chi connectivity index (χ2n) is 5.96. The van der Waals surface area contributed by atoms with Crippen molar-refractivity contribution in [1.29, 1.82) is 0 Å². The highest BCUT2D eigenvalue weighted by atomic mass is 32.1. The molecule has 0 saturated carbocycles. The van der Waals surface area contributed by atoms with Gasteiger partial charge in [-0.25, -0.2) is 0 Å². The van der Waals surface area contributed by atoms with Gasteiger partial charge >= 0.3 is 6.36 Å². The third-order valence-corrected chi connectivity index (χ3v) is 5.53. The Hall–Kier alpha value is -1.57. The van der Waals surface area contributed by atoms with E-state index in [2.05, 4.69) is 34.0 Å². The average molecular weight is 370 g/mol. The average Bonchev–Trinajstić information content (AvgIpc) is 3.05. The first-order valence-corrected chi connectivity index (χ1v) is 9.17. The van der Waals surface area contributed by atoms with E-state index in [9.17, 15) is 13.2 Å². The van der Waals surface area contributed by atoms with Crippen LogP contribution < -0.4 is 10.1 Å². The zero-order valence-electron chi connectivity index (χ0n) is 14.0. The summed E-state index contributed by atoms with van der Waals surface area (Å²) in [5, 5.41) is 3.34. The Morgan fingerprint density at radius 1 is 1.12 bits per heavy atom. The van der Waals surface area contributed by atoms with E-state index in [0.717, 1.165) is 38.2 Å². The molecular weight excluding hydrogens is 349 g/mol. The van der Waals surface area contributed by atoms with Gasteiger partial charge in [-0.1, -0.05) is 19.1 Å². The lowest BCUT2D eigenvalue weighted by Crippen LogP contribution is -2.45. The first-order valence-electron chi connectivity index (χ1n) is 8.35. The Kier molecular flexibility index (Phi) is 5.66. The summed E-state index contributed by atoms with van der Waals surface area (Å²) < 4.78 is 41.1. The van der Waals surface area contributed by atoms with Gasteiger partial charge in [-0.3, -0.25) is 4.90 Å². The normalized spacial score (nSPS) is 17.4. The van der Waals surface area contributed by atoms with Gasteiger partial charge in [0.1, 0.15) is 5.75 Å². The Labute approximate surface area is 149 Å². The molecule has 25 heavy (non-hydrogen) atoms. The van der Waals surface area contributed by atoms with Gasteiger partial charge in [0.25, 0.3) is 0 Å². The van der Waals surface area contributed by atoms with Crippen molar-refractivity contribution >= 4 is 11.3 Å². The third-order valence-electron chi connectivity index (χ3n) is 4.25. The van der Waals surface area contributed by atoms with Crippen LogP contribution in [0.4, 0.5) is 13.2 Å². The third kappa shape index (κ3) is 4.74. The fraction of sp³-hybridized carbons (Fsp3) is 0.444. The molecule has 136 valence electrons. The SMILES string of the molecule is CCc1ccc([C@@H](c2ccc(OC(F)(F)F)cc2)N2CCNCC2)s1. The quantitative estimate of drug-likeness (QED) is 0.854. The zero-order valence-corrected chi connectivity index (χ0v) is 14.8. The summed E-state index contributed by atoms with van der Waals surface area (Å²) in [5.74, 6) is -0.185. The molecule has 0 spiro atoms. The molecule has 3 nitrogen and oxygen atoms in total. The number of ether oxygens (including phenoxy) is 1. The highest BCUT2D eigenvalue weighted by Gasteiger charge is 2.31. The van der Waals surface area contributed by atoms with Gasteiger partial charge in [0, 0.05) is 35.9 Å². The molecule has 3 rings (SSSR count). The summed E-state index contributed by atoms with van der Waals surface area (Å²) in [4.78, 5) is 4.91. The lowest BCUT2D eigenvalue weighted by Gasteiger charge is -2.34. The molecule has 0 radical (unpaired) electrons. The fourth-order valence-electron chi connectivity index (χ4n) is 3.08. The molecule has 2 aromatic rings. The number of thiophene rings is 1. The lowest BCUT2D eigenvalue weighted by molar-refractivity contribution is -0.274. The Bertz CT molecular complexity index is 678. The van der Waals surface area contributed by atoms with Crippen LogP contribution in [0.5, 0.6) is 5.75 Å². The number of alkyl halides is 3. The summed E-state index contributed by atoms with van der Waals surface area (Å²) in [5.41, 5.74) is 0.987.